The van der Waals surface area contributed by atoms with Gasteiger partial charge < -0.3 is 20.7 Å². The van der Waals surface area contributed by atoms with Gasteiger partial charge in [0.25, 0.3) is 5.91 Å². The Bertz CT molecular complexity index is 973. The number of carbonyl (C=O) groups is 2. The van der Waals surface area contributed by atoms with Crippen LogP contribution in [0.25, 0.3) is 0 Å². The summed E-state index contributed by atoms with van der Waals surface area (Å²) >= 11 is 0. The van der Waals surface area contributed by atoms with E-state index in [-0.39, 0.29) is 18.4 Å². The molecule has 0 saturated heterocycles. The van der Waals surface area contributed by atoms with Gasteiger partial charge in [-0.2, -0.15) is 0 Å². The van der Waals surface area contributed by atoms with Gasteiger partial charge in [-0.1, -0.05) is 31.2 Å². The van der Waals surface area contributed by atoms with Gasteiger partial charge in [-0.15, -0.1) is 0 Å². The molecule has 0 radical (unpaired) electrons. The van der Waals surface area contributed by atoms with E-state index in [2.05, 4.69) is 16.0 Å². The van der Waals surface area contributed by atoms with Crippen molar-refractivity contribution in [2.75, 3.05) is 23.7 Å². The number of rotatable bonds is 9. The largest absolute Gasteiger partial charge is 0.457 e. The Morgan fingerprint density at radius 1 is 0.833 bits per heavy atom. The van der Waals surface area contributed by atoms with Crippen molar-refractivity contribution in [3.8, 4) is 11.5 Å². The minimum absolute atomic E-state index is 0.0856. The summed E-state index contributed by atoms with van der Waals surface area (Å²) in [5.74, 6) is 1.13. The lowest BCUT2D eigenvalue weighted by Crippen LogP contribution is -2.24. The predicted octanol–water partition coefficient (Wildman–Crippen LogP) is 4.67. The zero-order chi connectivity index (χ0) is 21.2. The molecule has 3 N–H and O–H groups in total. The van der Waals surface area contributed by atoms with Gasteiger partial charge in [0.1, 0.15) is 11.5 Å². The van der Waals surface area contributed by atoms with Crippen molar-refractivity contribution >= 4 is 23.2 Å². The molecule has 3 aromatic rings. The molecule has 0 fully saturated rings. The van der Waals surface area contributed by atoms with E-state index in [0.29, 0.717) is 29.2 Å². The topological polar surface area (TPSA) is 79.5 Å². The molecule has 6 nitrogen and oxygen atoms in total. The molecule has 0 spiro atoms. The summed E-state index contributed by atoms with van der Waals surface area (Å²) in [5, 5.41) is 8.71. The van der Waals surface area contributed by atoms with Crippen LogP contribution in [-0.4, -0.2) is 24.9 Å². The van der Waals surface area contributed by atoms with Gasteiger partial charge in [0.15, 0.2) is 0 Å². The molecule has 0 unspecified atom stereocenters. The molecule has 0 aromatic heterocycles. The first kappa shape index (κ1) is 20.9. The van der Waals surface area contributed by atoms with Crippen molar-refractivity contribution < 1.29 is 14.3 Å². The van der Waals surface area contributed by atoms with Gasteiger partial charge in [-0.3, -0.25) is 9.59 Å². The third-order valence-electron chi connectivity index (χ3n) is 4.23. The summed E-state index contributed by atoms with van der Waals surface area (Å²) in [6.45, 7) is 2.72. The lowest BCUT2D eigenvalue weighted by Gasteiger charge is -2.10. The highest BCUT2D eigenvalue weighted by Crippen LogP contribution is 2.22. The van der Waals surface area contributed by atoms with Crippen molar-refractivity contribution in [1.82, 2.24) is 5.32 Å². The highest BCUT2D eigenvalue weighted by molar-refractivity contribution is 5.96. The molecule has 0 atom stereocenters. The quantitative estimate of drug-likeness (QED) is 0.485. The van der Waals surface area contributed by atoms with Gasteiger partial charge in [0.2, 0.25) is 5.91 Å². The highest BCUT2D eigenvalue weighted by Gasteiger charge is 2.07. The van der Waals surface area contributed by atoms with E-state index in [9.17, 15) is 9.59 Å². The molecule has 2 amide bonds. The van der Waals surface area contributed by atoms with Gasteiger partial charge in [0.05, 0.1) is 6.54 Å². The number of carbonyl (C=O) groups excluding carboxylic acids is 2. The SMILES string of the molecule is CCCNC(=O)c1cccc(NCC(=O)Nc2ccc(Oc3ccccc3)cc2)c1. The number of ether oxygens (including phenoxy) is 1. The number of benzene rings is 3. The number of anilines is 2. The molecular weight excluding hydrogens is 378 g/mol. The zero-order valence-corrected chi connectivity index (χ0v) is 16.9. The highest BCUT2D eigenvalue weighted by atomic mass is 16.5. The summed E-state index contributed by atoms with van der Waals surface area (Å²) in [6, 6.07) is 23.8. The van der Waals surface area contributed by atoms with Crippen molar-refractivity contribution in [2.24, 2.45) is 0 Å². The lowest BCUT2D eigenvalue weighted by molar-refractivity contribution is -0.114. The van der Waals surface area contributed by atoms with E-state index in [4.69, 9.17) is 4.74 Å². The van der Waals surface area contributed by atoms with E-state index in [0.717, 1.165) is 12.2 Å². The normalized spacial score (nSPS) is 10.2. The Kier molecular flexibility index (Phi) is 7.44. The van der Waals surface area contributed by atoms with Crippen LogP contribution in [0.15, 0.2) is 78.9 Å². The van der Waals surface area contributed by atoms with Crippen molar-refractivity contribution in [3.63, 3.8) is 0 Å². The average Bonchev–Trinajstić information content (AvgIpc) is 2.78. The number of amides is 2. The summed E-state index contributed by atoms with van der Waals surface area (Å²) in [7, 11) is 0. The van der Waals surface area contributed by atoms with Crippen LogP contribution >= 0.6 is 0 Å². The zero-order valence-electron chi connectivity index (χ0n) is 16.9. The van der Waals surface area contributed by atoms with E-state index in [1.807, 2.05) is 43.3 Å². The fourth-order valence-corrected chi connectivity index (χ4v) is 2.73. The maximum Gasteiger partial charge on any atom is 0.251 e. The van der Waals surface area contributed by atoms with Crippen LogP contribution in [0.1, 0.15) is 23.7 Å². The second-order valence-electron chi connectivity index (χ2n) is 6.68. The number of nitrogens with one attached hydrogen (secondary N) is 3. The Labute approximate surface area is 176 Å². The van der Waals surface area contributed by atoms with E-state index in [1.54, 1.807) is 42.5 Å². The fraction of sp³-hybridized carbons (Fsp3) is 0.167. The maximum atomic E-state index is 12.2. The Morgan fingerprint density at radius 3 is 2.30 bits per heavy atom. The molecule has 0 heterocycles. The predicted molar refractivity (Wildman–Crippen MR) is 119 cm³/mol. The van der Waals surface area contributed by atoms with Crippen molar-refractivity contribution in [2.45, 2.75) is 13.3 Å². The summed E-state index contributed by atoms with van der Waals surface area (Å²) in [6.07, 6.45) is 0.878. The van der Waals surface area contributed by atoms with Gasteiger partial charge in [0, 0.05) is 23.5 Å². The number of hydrogen-bond acceptors (Lipinski definition) is 4. The molecule has 3 rings (SSSR count). The van der Waals surface area contributed by atoms with Gasteiger partial charge in [-0.25, -0.2) is 0 Å². The van der Waals surface area contributed by atoms with Crippen molar-refractivity contribution in [3.05, 3.63) is 84.4 Å². The minimum Gasteiger partial charge on any atom is -0.457 e. The van der Waals surface area contributed by atoms with Crippen LogP contribution in [0.3, 0.4) is 0 Å². The molecule has 0 aliphatic heterocycles. The molecule has 6 heteroatoms. The smallest absolute Gasteiger partial charge is 0.251 e. The Morgan fingerprint density at radius 2 is 1.57 bits per heavy atom. The molecular formula is C24H25N3O3. The van der Waals surface area contributed by atoms with Crippen molar-refractivity contribution in [1.29, 1.82) is 0 Å². The van der Waals surface area contributed by atoms with Crippen LogP contribution < -0.4 is 20.7 Å². The Balaban J connectivity index is 1.49. The molecule has 0 aliphatic rings. The standard InChI is InChI=1S/C24H25N3O3/c1-2-15-25-24(29)18-7-6-8-20(16-18)26-17-23(28)27-19-11-13-22(14-12-19)30-21-9-4-3-5-10-21/h3-14,16,26H,2,15,17H2,1H3,(H,25,29)(H,27,28). The molecule has 0 aliphatic carbocycles. The molecule has 30 heavy (non-hydrogen) atoms. The third-order valence-corrected chi connectivity index (χ3v) is 4.23. The lowest BCUT2D eigenvalue weighted by atomic mass is 10.2. The first-order valence-electron chi connectivity index (χ1n) is 9.89. The molecule has 0 saturated carbocycles. The number of para-hydroxylation sites is 1. The van der Waals surface area contributed by atoms with E-state index < -0.39 is 0 Å². The maximum absolute atomic E-state index is 12.2. The molecule has 154 valence electrons. The van der Waals surface area contributed by atoms with Gasteiger partial charge in [-0.05, 0) is 61.0 Å². The van der Waals surface area contributed by atoms with Crippen LogP contribution in [0, 0.1) is 0 Å². The Hall–Kier alpha value is -3.80. The van der Waals surface area contributed by atoms with Crippen LogP contribution in [0.2, 0.25) is 0 Å². The summed E-state index contributed by atoms with van der Waals surface area (Å²) in [5.41, 5.74) is 1.94. The molecule has 0 bridgehead atoms. The van der Waals surface area contributed by atoms with Crippen LogP contribution in [0.4, 0.5) is 11.4 Å². The molecule has 3 aromatic carbocycles. The van der Waals surface area contributed by atoms with E-state index >= 15 is 0 Å². The van der Waals surface area contributed by atoms with Crippen LogP contribution in [-0.2, 0) is 4.79 Å². The van der Waals surface area contributed by atoms with E-state index in [1.165, 1.54) is 0 Å². The van der Waals surface area contributed by atoms with Crippen LogP contribution in [0.5, 0.6) is 11.5 Å². The average molecular weight is 403 g/mol. The first-order valence-corrected chi connectivity index (χ1v) is 9.89. The summed E-state index contributed by atoms with van der Waals surface area (Å²) in [4.78, 5) is 24.3. The number of hydrogen-bond donors (Lipinski definition) is 3. The first-order chi connectivity index (χ1) is 14.6. The third kappa shape index (κ3) is 6.38. The second kappa shape index (κ2) is 10.7. The summed E-state index contributed by atoms with van der Waals surface area (Å²) < 4.78 is 5.74. The monoisotopic (exact) mass is 403 g/mol. The second-order valence-corrected chi connectivity index (χ2v) is 6.68. The minimum atomic E-state index is -0.187. The fourth-order valence-electron chi connectivity index (χ4n) is 2.73. The van der Waals surface area contributed by atoms with Gasteiger partial charge >= 0.3 is 0 Å².